The van der Waals surface area contributed by atoms with Crippen molar-refractivity contribution in [2.45, 2.75) is 57.9 Å². The van der Waals surface area contributed by atoms with Crippen LogP contribution in [0.15, 0.2) is 12.3 Å². The van der Waals surface area contributed by atoms with E-state index >= 15 is 0 Å². The number of nitrogens with one attached hydrogen (secondary N) is 1. The second-order valence-electron chi connectivity index (χ2n) is 12.1. The van der Waals surface area contributed by atoms with Gasteiger partial charge in [0.15, 0.2) is 0 Å². The van der Waals surface area contributed by atoms with E-state index in [2.05, 4.69) is 10.3 Å². The van der Waals surface area contributed by atoms with E-state index in [1.807, 2.05) is 0 Å². The lowest BCUT2D eigenvalue weighted by Gasteiger charge is -2.37. The molecule has 2 saturated heterocycles. The highest BCUT2D eigenvalue weighted by Crippen LogP contribution is 2.54. The highest BCUT2D eigenvalue weighted by atomic mass is 19.4. The first kappa shape index (κ1) is 30.5. The summed E-state index contributed by atoms with van der Waals surface area (Å²) in [5.74, 6) is 0.108. The van der Waals surface area contributed by atoms with Crippen LogP contribution in [0.1, 0.15) is 49.4 Å². The summed E-state index contributed by atoms with van der Waals surface area (Å²) in [6, 6.07) is 1.10. The number of hydrogen-bond donors (Lipinski definition) is 1. The van der Waals surface area contributed by atoms with Gasteiger partial charge in [-0.25, -0.2) is 4.79 Å². The van der Waals surface area contributed by atoms with Gasteiger partial charge in [0.25, 0.3) is 0 Å². The maximum absolute atomic E-state index is 14.4. The summed E-state index contributed by atoms with van der Waals surface area (Å²) >= 11 is 0. The van der Waals surface area contributed by atoms with E-state index < -0.39 is 23.2 Å². The predicted octanol–water partition coefficient (Wildman–Crippen LogP) is 3.03. The van der Waals surface area contributed by atoms with Crippen LogP contribution in [0.5, 0.6) is 0 Å². The van der Waals surface area contributed by atoms with E-state index in [9.17, 15) is 27.6 Å². The molecule has 5 atom stereocenters. The topological polar surface area (TPSA) is 110 Å². The molecule has 1 aromatic rings. The molecule has 0 bridgehead atoms. The van der Waals surface area contributed by atoms with Gasteiger partial charge in [-0.05, 0) is 55.1 Å². The Labute approximate surface area is 243 Å². The number of methoxy groups -OCH3 is 1. The first-order valence-electron chi connectivity index (χ1n) is 14.6. The van der Waals surface area contributed by atoms with Crippen LogP contribution in [0.25, 0.3) is 0 Å². The Morgan fingerprint density at radius 3 is 2.81 bits per heavy atom. The molecular weight excluding hydrogens is 557 g/mol. The Morgan fingerprint density at radius 2 is 2.07 bits per heavy atom. The van der Waals surface area contributed by atoms with Gasteiger partial charge >= 0.3 is 12.3 Å². The third-order valence-corrected chi connectivity index (χ3v) is 9.39. The van der Waals surface area contributed by atoms with Crippen LogP contribution in [0.3, 0.4) is 0 Å². The fourth-order valence-electron chi connectivity index (χ4n) is 7.40. The minimum Gasteiger partial charge on any atom is -0.448 e. The zero-order valence-corrected chi connectivity index (χ0v) is 24.1. The van der Waals surface area contributed by atoms with Gasteiger partial charge < -0.3 is 29.3 Å². The van der Waals surface area contributed by atoms with Crippen LogP contribution in [0, 0.1) is 23.2 Å². The fraction of sp³-hybridized carbons (Fsp3) is 0.724. The van der Waals surface area contributed by atoms with Crippen LogP contribution in [-0.2, 0) is 42.9 Å². The van der Waals surface area contributed by atoms with Crippen molar-refractivity contribution >= 4 is 17.9 Å². The van der Waals surface area contributed by atoms with E-state index in [1.165, 1.54) is 6.92 Å². The van der Waals surface area contributed by atoms with Crippen LogP contribution < -0.4 is 5.32 Å². The molecule has 13 heteroatoms. The molecule has 3 aliphatic heterocycles. The minimum atomic E-state index is -4.52. The molecule has 2 unspecified atom stereocenters. The second kappa shape index (κ2) is 12.4. The van der Waals surface area contributed by atoms with Crippen LogP contribution in [0.4, 0.5) is 18.0 Å². The molecule has 1 aliphatic carbocycles. The molecule has 10 nitrogen and oxygen atoms in total. The largest absolute Gasteiger partial charge is 0.448 e. The van der Waals surface area contributed by atoms with E-state index in [-0.39, 0.29) is 56.0 Å². The number of aromatic nitrogens is 1. The molecule has 1 saturated carbocycles. The van der Waals surface area contributed by atoms with E-state index in [0.717, 1.165) is 31.5 Å². The Hall–Kier alpha value is -2.93. The van der Waals surface area contributed by atoms with Gasteiger partial charge in [-0.2, -0.15) is 13.2 Å². The van der Waals surface area contributed by atoms with E-state index in [0.29, 0.717) is 56.3 Å². The number of halogens is 3. The van der Waals surface area contributed by atoms with Gasteiger partial charge in [-0.15, -0.1) is 0 Å². The molecule has 42 heavy (non-hydrogen) atoms. The number of hydrogen-bond acceptors (Lipinski definition) is 7. The number of carbonyl (C=O) groups excluding carboxylic acids is 3. The van der Waals surface area contributed by atoms with E-state index in [4.69, 9.17) is 14.2 Å². The summed E-state index contributed by atoms with van der Waals surface area (Å²) < 4.78 is 56.8. The number of nitrogens with zero attached hydrogens (tertiary/aromatic N) is 3. The maximum Gasteiger partial charge on any atom is 0.417 e. The molecule has 232 valence electrons. The molecule has 0 spiro atoms. The predicted molar refractivity (Wildman–Crippen MR) is 143 cm³/mol. The Balaban J connectivity index is 1.33. The molecule has 0 aromatic carbocycles. The normalized spacial score (nSPS) is 29.2. The summed E-state index contributed by atoms with van der Waals surface area (Å²) in [6.07, 6.45) is -0.726. The van der Waals surface area contributed by atoms with Crippen LogP contribution >= 0.6 is 0 Å². The molecule has 1 N–H and O–H groups in total. The molecule has 0 radical (unpaired) electrons. The van der Waals surface area contributed by atoms with Crippen LogP contribution in [-0.4, -0.2) is 91.9 Å². The summed E-state index contributed by atoms with van der Waals surface area (Å²) in [7, 11) is 1.68. The number of fused-ring (bicyclic) bond motifs is 2. The average molecular weight is 597 g/mol. The standard InChI is InChI=1S/C29H39F3N4O6/c1-18(37)33-5-8-42-27(39)36-15-23-10-19(9-20-4-7-41-16-25(20)40-2)12-28(23,17-36)26(38)35-6-3-24-21(14-35)11-22(13-34-24)29(30,31)32/h11,13,19-20,23,25H,3-10,12,14-17H2,1-2H3,(H,33,37)/t19-,20?,23+,25?,28+/m1/s1. The van der Waals surface area contributed by atoms with Crippen molar-refractivity contribution in [3.63, 3.8) is 0 Å². The molecule has 3 fully saturated rings. The average Bonchev–Trinajstić information content (AvgIpc) is 3.49. The number of ether oxygens (including phenoxy) is 3. The quantitative estimate of drug-likeness (QED) is 0.482. The van der Waals surface area contributed by atoms with Crippen molar-refractivity contribution in [1.29, 1.82) is 0 Å². The summed E-state index contributed by atoms with van der Waals surface area (Å²) in [5.41, 5.74) is -0.692. The number of pyridine rings is 1. The van der Waals surface area contributed by atoms with Crippen molar-refractivity contribution < 1.29 is 41.8 Å². The highest BCUT2D eigenvalue weighted by molar-refractivity contribution is 5.86. The number of rotatable bonds is 7. The second-order valence-corrected chi connectivity index (χ2v) is 12.1. The molecule has 1 aromatic heterocycles. The Bertz CT molecular complexity index is 1180. The van der Waals surface area contributed by atoms with Crippen molar-refractivity contribution in [3.05, 3.63) is 29.1 Å². The molecule has 4 aliphatic rings. The fourth-order valence-corrected chi connectivity index (χ4v) is 7.40. The van der Waals surface area contributed by atoms with Crippen molar-refractivity contribution in [2.24, 2.45) is 23.2 Å². The summed E-state index contributed by atoms with van der Waals surface area (Å²) in [5, 5.41) is 2.58. The lowest BCUT2D eigenvalue weighted by Crippen LogP contribution is -2.49. The molecule has 4 heterocycles. The molecule has 5 rings (SSSR count). The lowest BCUT2D eigenvalue weighted by molar-refractivity contribution is -0.144. The number of amides is 3. The third-order valence-electron chi connectivity index (χ3n) is 9.39. The van der Waals surface area contributed by atoms with Gasteiger partial charge in [-0.3, -0.25) is 14.6 Å². The van der Waals surface area contributed by atoms with E-state index in [1.54, 1.807) is 16.9 Å². The zero-order chi connectivity index (χ0) is 30.1. The van der Waals surface area contributed by atoms with Gasteiger partial charge in [-0.1, -0.05) is 0 Å². The van der Waals surface area contributed by atoms with Gasteiger partial charge in [0.1, 0.15) is 6.61 Å². The Morgan fingerprint density at radius 1 is 1.26 bits per heavy atom. The monoisotopic (exact) mass is 596 g/mol. The maximum atomic E-state index is 14.4. The first-order chi connectivity index (χ1) is 20.0. The van der Waals surface area contributed by atoms with Crippen molar-refractivity contribution in [1.82, 2.24) is 20.1 Å². The molecular formula is C29H39F3N4O6. The highest BCUT2D eigenvalue weighted by Gasteiger charge is 2.60. The number of likely N-dealkylation sites (tertiary alicyclic amines) is 1. The summed E-state index contributed by atoms with van der Waals surface area (Å²) in [4.78, 5) is 45.7. The van der Waals surface area contributed by atoms with Crippen molar-refractivity contribution in [2.75, 3.05) is 53.1 Å². The molecule has 3 amide bonds. The van der Waals surface area contributed by atoms with Crippen LogP contribution in [0.2, 0.25) is 0 Å². The third kappa shape index (κ3) is 6.36. The van der Waals surface area contributed by atoms with Gasteiger partial charge in [0.05, 0.1) is 30.2 Å². The van der Waals surface area contributed by atoms with Crippen molar-refractivity contribution in [3.8, 4) is 0 Å². The number of alkyl halides is 3. The SMILES string of the molecule is COC1COCCC1C[C@@H]1C[C@H]2CN(C(=O)OCCNC(C)=O)C[C@@]2(C(=O)N2CCc3ncc(C(F)(F)F)cc3C2)C1. The lowest BCUT2D eigenvalue weighted by atomic mass is 9.78. The first-order valence-corrected chi connectivity index (χ1v) is 14.6. The smallest absolute Gasteiger partial charge is 0.417 e. The minimum absolute atomic E-state index is 0.00476. The summed E-state index contributed by atoms with van der Waals surface area (Å²) in [6.45, 7) is 3.77. The number of carbonyl (C=O) groups is 3. The van der Waals surface area contributed by atoms with Gasteiger partial charge in [0, 0.05) is 65.1 Å². The Kier molecular flexibility index (Phi) is 8.98. The van der Waals surface area contributed by atoms with Gasteiger partial charge in [0.2, 0.25) is 11.8 Å². The zero-order valence-electron chi connectivity index (χ0n) is 24.1.